The molecule has 38 heavy (non-hydrogen) atoms. The van der Waals surface area contributed by atoms with Crippen LogP contribution in [0, 0.1) is 3.57 Å². The first-order valence-corrected chi connectivity index (χ1v) is 15.5. The number of amides is 3. The lowest BCUT2D eigenvalue weighted by Crippen LogP contribution is -2.44. The molecule has 13 heteroatoms. The number of benzene rings is 2. The van der Waals surface area contributed by atoms with Crippen molar-refractivity contribution in [2.45, 2.75) is 31.1 Å². The third kappa shape index (κ3) is 6.64. The van der Waals surface area contributed by atoms with E-state index in [1.165, 1.54) is 36.4 Å². The van der Waals surface area contributed by atoms with Gasteiger partial charge in [-0.1, -0.05) is 11.6 Å². The number of nitrogens with zero attached hydrogens (tertiary/aromatic N) is 2. The lowest BCUT2D eigenvalue weighted by molar-refractivity contribution is -0.136. The summed E-state index contributed by atoms with van der Waals surface area (Å²) < 4.78 is 37.2. The Labute approximate surface area is 243 Å². The fourth-order valence-corrected chi connectivity index (χ4v) is 6.75. The van der Waals surface area contributed by atoms with Crippen LogP contribution >= 0.6 is 46.0 Å². The Morgan fingerprint density at radius 3 is 2.47 bits per heavy atom. The zero-order valence-corrected chi connectivity index (χ0v) is 24.9. The Bertz CT molecular complexity index is 1390. The van der Waals surface area contributed by atoms with Gasteiger partial charge in [0.1, 0.15) is 11.4 Å². The fraction of sp³-hybridized carbons (Fsp3) is 0.320. The normalized spacial score (nSPS) is 17.3. The number of hydrogen-bond acceptors (Lipinski definition) is 8. The van der Waals surface area contributed by atoms with Crippen LogP contribution in [0.5, 0.6) is 11.5 Å². The molecule has 0 aliphatic carbocycles. The molecule has 0 radical (unpaired) electrons. The summed E-state index contributed by atoms with van der Waals surface area (Å²) in [7, 11) is -4.18. The average Bonchev–Trinajstić information content (AvgIpc) is 3.14. The lowest BCUT2D eigenvalue weighted by Gasteiger charge is -2.27. The summed E-state index contributed by atoms with van der Waals surface area (Å²) in [6.45, 7) is 2.93. The van der Waals surface area contributed by atoms with Crippen molar-refractivity contribution >= 4 is 79.2 Å². The van der Waals surface area contributed by atoms with Crippen LogP contribution in [0.3, 0.4) is 0 Å². The summed E-state index contributed by atoms with van der Waals surface area (Å²) in [5.41, 5.74) is 0.502. The van der Waals surface area contributed by atoms with E-state index in [1.807, 2.05) is 22.6 Å². The van der Waals surface area contributed by atoms with Crippen molar-refractivity contribution in [1.29, 1.82) is 0 Å². The molecule has 0 N–H and O–H groups in total. The number of carbonyl (C=O) groups excluding carboxylic acids is 3. The molecule has 0 aromatic heterocycles. The minimum atomic E-state index is -4.18. The number of likely N-dealkylation sites (tertiary alicyclic amines) is 1. The molecule has 2 fully saturated rings. The molecule has 0 saturated carbocycles. The molecular formula is C25H24ClIN2O7S2. The minimum Gasteiger partial charge on any atom is -0.490 e. The number of thioether (sulfide) groups is 1. The lowest BCUT2D eigenvalue weighted by atomic mass is 10.1. The molecule has 9 nitrogen and oxygen atoms in total. The number of rotatable bonds is 8. The smallest absolute Gasteiger partial charge is 0.339 e. The number of halogens is 2. The molecule has 2 aromatic carbocycles. The number of carbonyl (C=O) groups is 3. The zero-order chi connectivity index (χ0) is 27.4. The van der Waals surface area contributed by atoms with Gasteiger partial charge in [0.05, 0.1) is 15.1 Å². The van der Waals surface area contributed by atoms with Gasteiger partial charge in [-0.3, -0.25) is 19.3 Å². The number of imide groups is 1. The van der Waals surface area contributed by atoms with Crippen LogP contribution in [-0.4, -0.2) is 61.5 Å². The zero-order valence-electron chi connectivity index (χ0n) is 20.3. The van der Waals surface area contributed by atoms with Crippen molar-refractivity contribution < 1.29 is 31.7 Å². The van der Waals surface area contributed by atoms with Gasteiger partial charge in [0.15, 0.2) is 11.5 Å². The van der Waals surface area contributed by atoms with Gasteiger partial charge < -0.3 is 13.8 Å². The first-order chi connectivity index (χ1) is 18.1. The molecule has 4 rings (SSSR count). The van der Waals surface area contributed by atoms with Crippen LogP contribution in [-0.2, 0) is 19.7 Å². The quantitative estimate of drug-likeness (QED) is 0.212. The number of hydrogen-bond donors (Lipinski definition) is 0. The van der Waals surface area contributed by atoms with Crippen molar-refractivity contribution in [1.82, 2.24) is 9.80 Å². The topological polar surface area (TPSA) is 110 Å². The average molecular weight is 691 g/mol. The highest BCUT2D eigenvalue weighted by Gasteiger charge is 2.37. The highest BCUT2D eigenvalue weighted by Crippen LogP contribution is 2.39. The van der Waals surface area contributed by atoms with Crippen LogP contribution in [0.1, 0.15) is 31.7 Å². The summed E-state index contributed by atoms with van der Waals surface area (Å²) >= 11 is 8.53. The van der Waals surface area contributed by atoms with Crippen molar-refractivity contribution in [3.8, 4) is 11.5 Å². The molecule has 0 bridgehead atoms. The van der Waals surface area contributed by atoms with Crippen molar-refractivity contribution in [3.63, 3.8) is 0 Å². The fourth-order valence-electron chi connectivity index (χ4n) is 3.94. The monoisotopic (exact) mass is 690 g/mol. The van der Waals surface area contributed by atoms with E-state index in [0.29, 0.717) is 27.2 Å². The van der Waals surface area contributed by atoms with E-state index in [-0.39, 0.29) is 40.4 Å². The molecule has 2 aromatic rings. The second kappa shape index (κ2) is 12.3. The highest BCUT2D eigenvalue weighted by molar-refractivity contribution is 14.1. The second-order valence-electron chi connectivity index (χ2n) is 8.46. The van der Waals surface area contributed by atoms with Crippen LogP contribution in [0.4, 0.5) is 4.79 Å². The van der Waals surface area contributed by atoms with Crippen LogP contribution in [0.2, 0.25) is 5.02 Å². The van der Waals surface area contributed by atoms with Crippen molar-refractivity contribution in [2.75, 3.05) is 26.2 Å². The predicted molar refractivity (Wildman–Crippen MR) is 153 cm³/mol. The molecule has 2 aliphatic heterocycles. The van der Waals surface area contributed by atoms with Gasteiger partial charge in [-0.15, -0.1) is 0 Å². The highest BCUT2D eigenvalue weighted by atomic mass is 127. The second-order valence-corrected chi connectivity index (χ2v) is 12.6. The first kappa shape index (κ1) is 28.7. The molecule has 0 spiro atoms. The summed E-state index contributed by atoms with van der Waals surface area (Å²) in [4.78, 5) is 40.8. The Balaban J connectivity index is 1.56. The molecular weight excluding hydrogens is 667 g/mol. The number of piperidine rings is 1. The maximum Gasteiger partial charge on any atom is 0.339 e. The van der Waals surface area contributed by atoms with Gasteiger partial charge in [0.2, 0.25) is 5.91 Å². The van der Waals surface area contributed by atoms with Crippen LogP contribution < -0.4 is 8.92 Å². The first-order valence-electron chi connectivity index (χ1n) is 11.8. The van der Waals surface area contributed by atoms with Gasteiger partial charge in [-0.25, -0.2) is 0 Å². The standard InChI is InChI=1S/C25H24ClIN2O7S2/c1-2-35-20-13-16(12-19(27)23(20)36-38(33,34)18-8-6-17(26)7-9-18)14-21-24(31)29(25(32)37-21)15-22(30)28-10-4-3-5-11-28/h6-9,12-14H,2-5,10-11,15H2,1H3/b21-14-. The minimum absolute atomic E-state index is 0.000201. The van der Waals surface area contributed by atoms with E-state index in [0.717, 1.165) is 35.9 Å². The van der Waals surface area contributed by atoms with E-state index in [1.54, 1.807) is 17.9 Å². The maximum absolute atomic E-state index is 13.0. The third-order valence-electron chi connectivity index (χ3n) is 5.80. The molecule has 2 saturated heterocycles. The summed E-state index contributed by atoms with van der Waals surface area (Å²) in [6, 6.07) is 8.72. The molecule has 0 atom stereocenters. The van der Waals surface area contributed by atoms with Crippen molar-refractivity contribution in [2.24, 2.45) is 0 Å². The van der Waals surface area contributed by atoms with E-state index >= 15 is 0 Å². The summed E-state index contributed by atoms with van der Waals surface area (Å²) in [6.07, 6.45) is 4.40. The van der Waals surface area contributed by atoms with Gasteiger partial charge in [-0.2, -0.15) is 8.42 Å². The van der Waals surface area contributed by atoms with E-state index < -0.39 is 21.3 Å². The number of ether oxygens (including phenoxy) is 1. The summed E-state index contributed by atoms with van der Waals surface area (Å²) in [5.74, 6) is -0.642. The van der Waals surface area contributed by atoms with Gasteiger partial charge >= 0.3 is 10.1 Å². The predicted octanol–water partition coefficient (Wildman–Crippen LogP) is 5.16. The Morgan fingerprint density at radius 1 is 1.13 bits per heavy atom. The van der Waals surface area contributed by atoms with Gasteiger partial charge in [0, 0.05) is 18.1 Å². The Hall–Kier alpha value is -2.29. The third-order valence-corrected chi connectivity index (χ3v) is 9.00. The molecule has 0 unspecified atom stereocenters. The molecule has 202 valence electrons. The van der Waals surface area contributed by atoms with Crippen LogP contribution in [0.15, 0.2) is 46.2 Å². The maximum atomic E-state index is 13.0. The largest absolute Gasteiger partial charge is 0.490 e. The SMILES string of the molecule is CCOc1cc(/C=C2\SC(=O)N(CC(=O)N3CCCCC3)C2=O)cc(I)c1OS(=O)(=O)c1ccc(Cl)cc1. The summed E-state index contributed by atoms with van der Waals surface area (Å²) in [5, 5.41) is -0.126. The van der Waals surface area contributed by atoms with Gasteiger partial charge in [0.25, 0.3) is 11.1 Å². The van der Waals surface area contributed by atoms with Crippen molar-refractivity contribution in [3.05, 3.63) is 55.5 Å². The van der Waals surface area contributed by atoms with Gasteiger partial charge in [-0.05, 0) is 109 Å². The van der Waals surface area contributed by atoms with E-state index in [2.05, 4.69) is 0 Å². The van der Waals surface area contributed by atoms with E-state index in [9.17, 15) is 22.8 Å². The molecule has 2 heterocycles. The van der Waals surface area contributed by atoms with E-state index in [4.69, 9.17) is 20.5 Å². The van der Waals surface area contributed by atoms with Crippen LogP contribution in [0.25, 0.3) is 6.08 Å². The Morgan fingerprint density at radius 2 is 1.82 bits per heavy atom. The Kier molecular flexibility index (Phi) is 9.27. The molecule has 3 amide bonds. The molecule has 2 aliphatic rings.